The summed E-state index contributed by atoms with van der Waals surface area (Å²) in [4.78, 5) is 9.79. The maximum absolute atomic E-state index is 4.61. The van der Waals surface area contributed by atoms with E-state index in [2.05, 4.69) is 94.5 Å². The minimum Gasteiger partial charge on any atom is -0.297 e. The zero-order valence-corrected chi connectivity index (χ0v) is 18.9. The summed E-state index contributed by atoms with van der Waals surface area (Å²) < 4.78 is 0. The normalized spacial score (nSPS) is 15.3. The Morgan fingerprint density at radius 2 is 1.38 bits per heavy atom. The molecule has 4 aromatic rings. The topological polar surface area (TPSA) is 19.4 Å². The van der Waals surface area contributed by atoms with E-state index in [4.69, 9.17) is 0 Å². The molecule has 1 aliphatic rings. The van der Waals surface area contributed by atoms with Gasteiger partial charge in [0.25, 0.3) is 0 Å². The quantitative estimate of drug-likeness (QED) is 0.393. The van der Waals surface area contributed by atoms with Crippen LogP contribution in [0.4, 0.5) is 0 Å². The summed E-state index contributed by atoms with van der Waals surface area (Å²) in [6.45, 7) is 8.88. The lowest BCUT2D eigenvalue weighted by atomic mass is 10.0. The summed E-state index contributed by atoms with van der Waals surface area (Å²) in [6, 6.07) is 28.5. The number of benzene rings is 3. The van der Waals surface area contributed by atoms with Crippen LogP contribution in [0.2, 0.25) is 0 Å². The molecule has 0 aliphatic carbocycles. The third kappa shape index (κ3) is 4.59. The van der Waals surface area contributed by atoms with E-state index >= 15 is 0 Å². The van der Waals surface area contributed by atoms with Gasteiger partial charge in [-0.3, -0.25) is 14.8 Å². The number of hydrogen-bond donors (Lipinski definition) is 0. The van der Waals surface area contributed by atoms with Crippen molar-refractivity contribution in [2.75, 3.05) is 26.2 Å². The molecule has 3 heteroatoms. The molecule has 0 unspecified atom stereocenters. The van der Waals surface area contributed by atoms with Gasteiger partial charge in [0.15, 0.2) is 0 Å². The van der Waals surface area contributed by atoms with Crippen LogP contribution in [0.15, 0.2) is 85.1 Å². The molecule has 0 spiro atoms. The van der Waals surface area contributed by atoms with Crippen molar-refractivity contribution in [1.82, 2.24) is 14.8 Å². The predicted octanol–water partition coefficient (Wildman–Crippen LogP) is 5.78. The second kappa shape index (κ2) is 9.64. The lowest BCUT2D eigenvalue weighted by molar-refractivity contribution is 0.122. The Labute approximate surface area is 191 Å². The van der Waals surface area contributed by atoms with Gasteiger partial charge in [-0.05, 0) is 34.7 Å². The molecule has 3 aromatic carbocycles. The van der Waals surface area contributed by atoms with Gasteiger partial charge in [0.05, 0.1) is 5.52 Å². The molecular weight excluding hydrogens is 390 g/mol. The predicted molar refractivity (Wildman–Crippen MR) is 134 cm³/mol. The smallest absolute Gasteiger partial charge is 0.0780 e. The molecule has 1 fully saturated rings. The molecule has 1 aromatic heterocycles. The molecule has 5 rings (SSSR count). The number of piperazine rings is 1. The van der Waals surface area contributed by atoms with Crippen molar-refractivity contribution < 1.29 is 0 Å². The van der Waals surface area contributed by atoms with E-state index in [-0.39, 0.29) is 0 Å². The number of aromatic nitrogens is 1. The van der Waals surface area contributed by atoms with Crippen LogP contribution in [0.25, 0.3) is 22.0 Å². The maximum atomic E-state index is 4.61. The monoisotopic (exact) mass is 421 g/mol. The van der Waals surface area contributed by atoms with Crippen molar-refractivity contribution in [2.24, 2.45) is 0 Å². The lowest BCUT2D eigenvalue weighted by Gasteiger charge is -2.35. The minimum atomic E-state index is 1.02. The zero-order valence-electron chi connectivity index (χ0n) is 18.9. The summed E-state index contributed by atoms with van der Waals surface area (Å²) in [6.07, 6.45) is 2.99. The molecular formula is C29H31N3. The molecule has 32 heavy (non-hydrogen) atoms. The van der Waals surface area contributed by atoms with Gasteiger partial charge < -0.3 is 0 Å². The van der Waals surface area contributed by atoms with Crippen LogP contribution in [0.3, 0.4) is 0 Å². The fourth-order valence-corrected chi connectivity index (χ4v) is 4.79. The summed E-state index contributed by atoms with van der Waals surface area (Å²) in [5, 5.41) is 1.19. The molecule has 0 atom stereocenters. The molecule has 0 bridgehead atoms. The van der Waals surface area contributed by atoms with Gasteiger partial charge in [0.1, 0.15) is 0 Å². The van der Waals surface area contributed by atoms with Crippen molar-refractivity contribution in [2.45, 2.75) is 26.4 Å². The lowest BCUT2D eigenvalue weighted by Crippen LogP contribution is -2.45. The Bertz CT molecular complexity index is 1170. The van der Waals surface area contributed by atoms with E-state index in [1.54, 1.807) is 0 Å². The standard InChI is InChI=1S/C29H31N3/c1-2-24-7-3-4-8-27(24)22-32-19-17-31(18-20-32)21-23-12-14-25(15-13-23)28-11-5-9-26-10-6-16-30-29(26)28/h3-16H,2,17-22H2,1H3. The Balaban J connectivity index is 1.20. The first-order valence-corrected chi connectivity index (χ1v) is 11.7. The average Bonchev–Trinajstić information content (AvgIpc) is 2.86. The Hall–Kier alpha value is -3.01. The molecule has 1 aliphatic heterocycles. The number of para-hydroxylation sites is 1. The SMILES string of the molecule is CCc1ccccc1CN1CCN(Cc2ccc(-c3cccc4cccnc34)cc2)CC1. The average molecular weight is 422 g/mol. The van der Waals surface area contributed by atoms with Gasteiger partial charge in [0, 0.05) is 56.4 Å². The number of nitrogens with zero attached hydrogens (tertiary/aromatic N) is 3. The Morgan fingerprint density at radius 1 is 0.688 bits per heavy atom. The largest absolute Gasteiger partial charge is 0.297 e. The van der Waals surface area contributed by atoms with E-state index in [1.807, 2.05) is 12.3 Å². The van der Waals surface area contributed by atoms with Crippen LogP contribution in [0.5, 0.6) is 0 Å². The second-order valence-electron chi connectivity index (χ2n) is 8.75. The van der Waals surface area contributed by atoms with Crippen LogP contribution >= 0.6 is 0 Å². The summed E-state index contributed by atoms with van der Waals surface area (Å²) in [7, 11) is 0. The molecule has 0 N–H and O–H groups in total. The van der Waals surface area contributed by atoms with E-state index in [9.17, 15) is 0 Å². The van der Waals surface area contributed by atoms with E-state index in [1.165, 1.54) is 33.2 Å². The molecule has 162 valence electrons. The van der Waals surface area contributed by atoms with E-state index in [0.29, 0.717) is 0 Å². The van der Waals surface area contributed by atoms with Crippen molar-refractivity contribution in [3.63, 3.8) is 0 Å². The van der Waals surface area contributed by atoms with E-state index < -0.39 is 0 Å². The molecule has 1 saturated heterocycles. The number of fused-ring (bicyclic) bond motifs is 1. The highest BCUT2D eigenvalue weighted by atomic mass is 15.3. The van der Waals surface area contributed by atoms with Crippen LogP contribution in [-0.4, -0.2) is 41.0 Å². The molecule has 3 nitrogen and oxygen atoms in total. The highest BCUT2D eigenvalue weighted by Crippen LogP contribution is 2.27. The highest BCUT2D eigenvalue weighted by molar-refractivity contribution is 5.93. The van der Waals surface area contributed by atoms with Crippen molar-refractivity contribution in [1.29, 1.82) is 0 Å². The van der Waals surface area contributed by atoms with Gasteiger partial charge in [-0.15, -0.1) is 0 Å². The number of aryl methyl sites for hydroxylation is 1. The number of rotatable bonds is 6. The third-order valence-electron chi connectivity index (χ3n) is 6.66. The van der Waals surface area contributed by atoms with Crippen LogP contribution < -0.4 is 0 Å². The minimum absolute atomic E-state index is 1.02. The summed E-state index contributed by atoms with van der Waals surface area (Å²) in [5.41, 5.74) is 7.86. The van der Waals surface area contributed by atoms with Crippen LogP contribution in [0, 0.1) is 0 Å². The Kier molecular flexibility index (Phi) is 6.29. The van der Waals surface area contributed by atoms with Gasteiger partial charge in [-0.2, -0.15) is 0 Å². The zero-order chi connectivity index (χ0) is 21.8. The van der Waals surface area contributed by atoms with Gasteiger partial charge in [-0.1, -0.05) is 79.7 Å². The number of pyridine rings is 1. The first-order chi connectivity index (χ1) is 15.8. The molecule has 0 amide bonds. The Morgan fingerprint density at radius 3 is 2.12 bits per heavy atom. The second-order valence-corrected chi connectivity index (χ2v) is 8.75. The number of hydrogen-bond acceptors (Lipinski definition) is 3. The van der Waals surface area contributed by atoms with Crippen LogP contribution in [0.1, 0.15) is 23.6 Å². The van der Waals surface area contributed by atoms with Crippen LogP contribution in [-0.2, 0) is 19.5 Å². The summed E-state index contributed by atoms with van der Waals surface area (Å²) >= 11 is 0. The first-order valence-electron chi connectivity index (χ1n) is 11.7. The third-order valence-corrected chi connectivity index (χ3v) is 6.66. The fourth-order valence-electron chi connectivity index (χ4n) is 4.79. The van der Waals surface area contributed by atoms with Crippen molar-refractivity contribution >= 4 is 10.9 Å². The molecule has 0 radical (unpaired) electrons. The van der Waals surface area contributed by atoms with Crippen molar-refractivity contribution in [3.05, 3.63) is 102 Å². The van der Waals surface area contributed by atoms with Gasteiger partial charge >= 0.3 is 0 Å². The highest BCUT2D eigenvalue weighted by Gasteiger charge is 2.18. The fraction of sp³-hybridized carbons (Fsp3) is 0.276. The molecule has 0 saturated carbocycles. The first kappa shape index (κ1) is 20.9. The van der Waals surface area contributed by atoms with Gasteiger partial charge in [0.2, 0.25) is 0 Å². The van der Waals surface area contributed by atoms with Crippen molar-refractivity contribution in [3.8, 4) is 11.1 Å². The summed E-state index contributed by atoms with van der Waals surface area (Å²) in [5.74, 6) is 0. The van der Waals surface area contributed by atoms with E-state index in [0.717, 1.165) is 51.2 Å². The molecule has 2 heterocycles. The van der Waals surface area contributed by atoms with Gasteiger partial charge in [-0.25, -0.2) is 0 Å². The maximum Gasteiger partial charge on any atom is 0.0780 e.